The molecule has 4 rings (SSSR count). The summed E-state index contributed by atoms with van der Waals surface area (Å²) >= 11 is 0. The number of hydrogen-bond donors (Lipinski definition) is 0. The van der Waals surface area contributed by atoms with Crippen molar-refractivity contribution >= 4 is 16.5 Å². The minimum absolute atomic E-state index is 0.450. The summed E-state index contributed by atoms with van der Waals surface area (Å²) in [6.45, 7) is 3.79. The van der Waals surface area contributed by atoms with Crippen molar-refractivity contribution in [2.75, 3.05) is 31.6 Å². The summed E-state index contributed by atoms with van der Waals surface area (Å²) in [4.78, 5) is 5.24. The van der Waals surface area contributed by atoms with Gasteiger partial charge in [0, 0.05) is 30.2 Å². The molecule has 0 bridgehead atoms. The molecule has 21 heavy (non-hydrogen) atoms. The summed E-state index contributed by atoms with van der Waals surface area (Å²) in [5, 5.41) is 2.72. The number of rotatable bonds is 3. The Morgan fingerprint density at radius 2 is 1.71 bits per heavy atom. The molecule has 110 valence electrons. The summed E-state index contributed by atoms with van der Waals surface area (Å²) in [6.07, 6.45) is 5.51. The van der Waals surface area contributed by atoms with Crippen molar-refractivity contribution in [3.05, 3.63) is 42.5 Å². The van der Waals surface area contributed by atoms with Gasteiger partial charge in [-0.2, -0.15) is 0 Å². The van der Waals surface area contributed by atoms with Crippen LogP contribution in [0.15, 0.2) is 42.5 Å². The maximum Gasteiger partial charge on any atom is 0.0443 e. The van der Waals surface area contributed by atoms with Crippen LogP contribution < -0.4 is 4.90 Å². The zero-order valence-corrected chi connectivity index (χ0v) is 12.9. The summed E-state index contributed by atoms with van der Waals surface area (Å²) in [6, 6.07) is 15.4. The molecule has 0 N–H and O–H groups in total. The lowest BCUT2D eigenvalue weighted by Gasteiger charge is -2.37. The second-order valence-corrected chi connectivity index (χ2v) is 6.77. The topological polar surface area (TPSA) is 6.48 Å². The van der Waals surface area contributed by atoms with E-state index in [0.29, 0.717) is 5.54 Å². The third-order valence-corrected chi connectivity index (χ3v) is 5.52. The molecule has 2 aliphatic rings. The van der Waals surface area contributed by atoms with Crippen LogP contribution in [-0.4, -0.2) is 37.1 Å². The Morgan fingerprint density at radius 1 is 1.00 bits per heavy atom. The standard InChI is InChI=1S/C19H24N2/c1-20(15-19-11-5-13-21(19)14-6-12-19)18-10-4-8-16-7-2-3-9-17(16)18/h2-4,7-10H,5-6,11-15H2,1H3. The highest BCUT2D eigenvalue weighted by Crippen LogP contribution is 2.40. The predicted molar refractivity (Wildman–Crippen MR) is 90.0 cm³/mol. The fourth-order valence-corrected chi connectivity index (χ4v) is 4.55. The number of nitrogens with zero attached hydrogens (tertiary/aromatic N) is 2. The molecule has 0 amide bonds. The van der Waals surface area contributed by atoms with Gasteiger partial charge in [-0.3, -0.25) is 4.90 Å². The minimum atomic E-state index is 0.450. The molecular weight excluding hydrogens is 256 g/mol. The Morgan fingerprint density at radius 3 is 2.52 bits per heavy atom. The monoisotopic (exact) mass is 280 g/mol. The van der Waals surface area contributed by atoms with Crippen LogP contribution >= 0.6 is 0 Å². The Hall–Kier alpha value is -1.54. The van der Waals surface area contributed by atoms with Gasteiger partial charge in [-0.05, 0) is 50.2 Å². The van der Waals surface area contributed by atoms with Crippen LogP contribution in [0.3, 0.4) is 0 Å². The summed E-state index contributed by atoms with van der Waals surface area (Å²) in [5.74, 6) is 0. The molecule has 0 radical (unpaired) electrons. The van der Waals surface area contributed by atoms with Crippen molar-refractivity contribution in [1.29, 1.82) is 0 Å². The highest BCUT2D eigenvalue weighted by atomic mass is 15.3. The molecule has 2 aliphatic heterocycles. The molecule has 0 spiro atoms. The lowest BCUT2D eigenvalue weighted by atomic mass is 9.93. The van der Waals surface area contributed by atoms with Gasteiger partial charge < -0.3 is 4.90 Å². The molecule has 0 aromatic heterocycles. The highest BCUT2D eigenvalue weighted by Gasteiger charge is 2.44. The lowest BCUT2D eigenvalue weighted by Crippen LogP contribution is -2.47. The number of hydrogen-bond acceptors (Lipinski definition) is 2. The van der Waals surface area contributed by atoms with Gasteiger partial charge in [-0.15, -0.1) is 0 Å². The van der Waals surface area contributed by atoms with Crippen molar-refractivity contribution in [3.8, 4) is 0 Å². The van der Waals surface area contributed by atoms with Crippen LogP contribution in [0, 0.1) is 0 Å². The van der Waals surface area contributed by atoms with Crippen LogP contribution in [0.2, 0.25) is 0 Å². The van der Waals surface area contributed by atoms with E-state index in [0.717, 1.165) is 0 Å². The van der Waals surface area contributed by atoms with Gasteiger partial charge in [0.25, 0.3) is 0 Å². The van der Waals surface area contributed by atoms with Gasteiger partial charge in [0.2, 0.25) is 0 Å². The van der Waals surface area contributed by atoms with Gasteiger partial charge in [0.1, 0.15) is 0 Å². The molecule has 2 fully saturated rings. The molecule has 2 aromatic rings. The SMILES string of the molecule is CN(CC12CCCN1CCC2)c1cccc2ccccc12. The van der Waals surface area contributed by atoms with Crippen LogP contribution in [0.25, 0.3) is 10.8 Å². The molecule has 0 atom stereocenters. The normalized spacial score (nSPS) is 20.8. The molecule has 0 saturated carbocycles. The van der Waals surface area contributed by atoms with Crippen molar-refractivity contribution in [2.24, 2.45) is 0 Å². The van der Waals surface area contributed by atoms with Crippen molar-refractivity contribution < 1.29 is 0 Å². The third kappa shape index (κ3) is 2.13. The second kappa shape index (κ2) is 5.03. The Bertz CT molecular complexity index is 634. The molecule has 0 unspecified atom stereocenters. The second-order valence-electron chi connectivity index (χ2n) is 6.77. The Labute approximate surface area is 127 Å². The first-order valence-electron chi connectivity index (χ1n) is 8.23. The van der Waals surface area contributed by atoms with Crippen LogP contribution in [0.4, 0.5) is 5.69 Å². The third-order valence-electron chi connectivity index (χ3n) is 5.52. The van der Waals surface area contributed by atoms with Gasteiger partial charge in [-0.25, -0.2) is 0 Å². The molecular formula is C19H24N2. The van der Waals surface area contributed by atoms with Gasteiger partial charge in [0.15, 0.2) is 0 Å². The molecule has 2 aromatic carbocycles. The summed E-state index contributed by atoms with van der Waals surface area (Å²) in [5.41, 5.74) is 1.83. The first-order valence-corrected chi connectivity index (χ1v) is 8.23. The first-order chi connectivity index (χ1) is 10.3. The van der Waals surface area contributed by atoms with Crippen LogP contribution in [0.1, 0.15) is 25.7 Å². The highest BCUT2D eigenvalue weighted by molar-refractivity contribution is 5.94. The number of likely N-dealkylation sites (N-methyl/N-ethyl adjacent to an activating group) is 1. The van der Waals surface area contributed by atoms with E-state index in [4.69, 9.17) is 0 Å². The number of fused-ring (bicyclic) bond motifs is 2. The Balaban J connectivity index is 1.66. The number of anilines is 1. The molecule has 2 heterocycles. The molecule has 2 nitrogen and oxygen atoms in total. The van der Waals surface area contributed by atoms with Crippen LogP contribution in [-0.2, 0) is 0 Å². The van der Waals surface area contributed by atoms with E-state index in [-0.39, 0.29) is 0 Å². The average molecular weight is 280 g/mol. The van der Waals surface area contributed by atoms with Crippen molar-refractivity contribution in [2.45, 2.75) is 31.2 Å². The van der Waals surface area contributed by atoms with E-state index < -0.39 is 0 Å². The molecule has 2 saturated heterocycles. The summed E-state index contributed by atoms with van der Waals surface area (Å²) in [7, 11) is 2.27. The van der Waals surface area contributed by atoms with Crippen molar-refractivity contribution in [1.82, 2.24) is 4.90 Å². The predicted octanol–water partition coefficient (Wildman–Crippen LogP) is 3.90. The van der Waals surface area contributed by atoms with Crippen LogP contribution in [0.5, 0.6) is 0 Å². The van der Waals surface area contributed by atoms with E-state index in [9.17, 15) is 0 Å². The van der Waals surface area contributed by atoms with E-state index in [1.54, 1.807) is 0 Å². The first kappa shape index (κ1) is 13.1. The minimum Gasteiger partial charge on any atom is -0.372 e. The quantitative estimate of drug-likeness (QED) is 0.841. The fraction of sp³-hybridized carbons (Fsp3) is 0.474. The average Bonchev–Trinajstić information content (AvgIpc) is 3.06. The molecule has 2 heteroatoms. The van der Waals surface area contributed by atoms with Gasteiger partial charge >= 0.3 is 0 Å². The zero-order chi connectivity index (χ0) is 14.3. The van der Waals surface area contributed by atoms with E-state index in [1.807, 2.05) is 0 Å². The largest absolute Gasteiger partial charge is 0.372 e. The Kier molecular flexibility index (Phi) is 3.15. The van der Waals surface area contributed by atoms with Gasteiger partial charge in [0.05, 0.1) is 0 Å². The van der Waals surface area contributed by atoms with Gasteiger partial charge in [-0.1, -0.05) is 36.4 Å². The smallest absolute Gasteiger partial charge is 0.0443 e. The number of benzene rings is 2. The maximum absolute atomic E-state index is 2.74. The van der Waals surface area contributed by atoms with Crippen molar-refractivity contribution in [3.63, 3.8) is 0 Å². The zero-order valence-electron chi connectivity index (χ0n) is 12.9. The summed E-state index contributed by atoms with van der Waals surface area (Å²) < 4.78 is 0. The van der Waals surface area contributed by atoms with E-state index >= 15 is 0 Å². The lowest BCUT2D eigenvalue weighted by molar-refractivity contribution is 0.202. The van der Waals surface area contributed by atoms with E-state index in [1.165, 1.54) is 61.8 Å². The fourth-order valence-electron chi connectivity index (χ4n) is 4.55. The molecule has 0 aliphatic carbocycles. The van der Waals surface area contributed by atoms with E-state index in [2.05, 4.69) is 59.3 Å². The maximum atomic E-state index is 2.74.